The van der Waals surface area contributed by atoms with Crippen LogP contribution in [0.3, 0.4) is 0 Å². The molecule has 1 aliphatic rings. The number of allylic oxidation sites excluding steroid dienone is 10. The highest BCUT2D eigenvalue weighted by Gasteiger charge is 2.48. The highest BCUT2D eigenvalue weighted by atomic mass is 32.3. The van der Waals surface area contributed by atoms with Crippen molar-refractivity contribution in [3.05, 3.63) is 60.8 Å². The van der Waals surface area contributed by atoms with Gasteiger partial charge in [0.15, 0.2) is 6.29 Å². The quantitative estimate of drug-likeness (QED) is 0.0196. The summed E-state index contributed by atoms with van der Waals surface area (Å²) in [6, 6.07) is 0. The number of hydrogen-bond acceptors (Lipinski definition) is 11. The van der Waals surface area contributed by atoms with Gasteiger partial charge in [0.25, 0.3) is 0 Å². The van der Waals surface area contributed by atoms with E-state index in [0.29, 0.717) is 13.0 Å². The number of aliphatic hydroxyl groups is 3. The Morgan fingerprint density at radius 3 is 1.35 bits per heavy atom. The molecule has 0 aliphatic carbocycles. The summed E-state index contributed by atoms with van der Waals surface area (Å²) < 4.78 is 59.5. The largest absolute Gasteiger partial charge is 0.457 e. The van der Waals surface area contributed by atoms with Gasteiger partial charge in [-0.1, -0.05) is 261 Å². The average Bonchev–Trinajstić information content (AvgIpc) is 3.39. The van der Waals surface area contributed by atoms with Crippen LogP contribution in [-0.2, 0) is 38.3 Å². The van der Waals surface area contributed by atoms with Crippen molar-refractivity contribution in [2.45, 2.75) is 301 Å². The van der Waals surface area contributed by atoms with Crippen molar-refractivity contribution < 1.29 is 56.2 Å². The Morgan fingerprint density at radius 1 is 0.520 bits per heavy atom. The molecular formula is C62H112O12S. The molecule has 1 aliphatic heterocycles. The van der Waals surface area contributed by atoms with E-state index in [9.17, 15) is 33.1 Å². The first-order valence-electron chi connectivity index (χ1n) is 30.5. The third-order valence-electron chi connectivity index (χ3n) is 13.9. The van der Waals surface area contributed by atoms with E-state index in [1.807, 2.05) is 0 Å². The number of rotatable bonds is 54. The molecule has 0 aromatic rings. The van der Waals surface area contributed by atoms with Gasteiger partial charge in [0.2, 0.25) is 0 Å². The highest BCUT2D eigenvalue weighted by Crippen LogP contribution is 2.26. The predicted molar refractivity (Wildman–Crippen MR) is 308 cm³/mol. The maximum Gasteiger partial charge on any atom is 0.397 e. The maximum atomic E-state index is 13.0. The van der Waals surface area contributed by atoms with Crippen LogP contribution in [0.5, 0.6) is 0 Å². The maximum absolute atomic E-state index is 13.0. The summed E-state index contributed by atoms with van der Waals surface area (Å²) in [6.45, 7) is 3.91. The minimum absolute atomic E-state index is 0.0306. The van der Waals surface area contributed by atoms with Crippen molar-refractivity contribution in [2.75, 3.05) is 26.4 Å². The molecule has 75 heavy (non-hydrogen) atoms. The molecule has 1 saturated heterocycles. The Hall–Kier alpha value is -2.20. The molecule has 0 aromatic heterocycles. The lowest BCUT2D eigenvalue weighted by atomic mass is 9.99. The first-order chi connectivity index (χ1) is 36.6. The summed E-state index contributed by atoms with van der Waals surface area (Å²) in [4.78, 5) is 13.0. The normalized spacial score (nSPS) is 19.0. The first kappa shape index (κ1) is 70.8. The van der Waals surface area contributed by atoms with E-state index in [1.54, 1.807) is 0 Å². The topological polar surface area (TPSA) is 178 Å². The molecule has 0 saturated carbocycles. The fourth-order valence-electron chi connectivity index (χ4n) is 9.35. The average molecular weight is 1080 g/mol. The molecule has 1 fully saturated rings. The van der Waals surface area contributed by atoms with Gasteiger partial charge in [-0.3, -0.25) is 9.35 Å². The van der Waals surface area contributed by atoms with Crippen molar-refractivity contribution in [1.29, 1.82) is 0 Å². The van der Waals surface area contributed by atoms with Gasteiger partial charge < -0.3 is 34.3 Å². The minimum atomic E-state index is -5.07. The van der Waals surface area contributed by atoms with Crippen molar-refractivity contribution in [3.63, 3.8) is 0 Å². The SMILES string of the molecule is CC/C=C\C/C=C\C/C=C\C/C=C\C/C=C\CCCCCCCCCCOCC(COC1OC(CO)C(O)C(OS(=O)(=O)O)C1O)OC(=O)CCCCCCCCCCCCCCCCCCCCCCCCCC. The lowest BCUT2D eigenvalue weighted by molar-refractivity contribution is -0.301. The molecule has 1 heterocycles. The smallest absolute Gasteiger partial charge is 0.397 e. The monoisotopic (exact) mass is 1080 g/mol. The van der Waals surface area contributed by atoms with Crippen molar-refractivity contribution >= 4 is 16.4 Å². The van der Waals surface area contributed by atoms with E-state index in [2.05, 4.69) is 78.8 Å². The summed E-state index contributed by atoms with van der Waals surface area (Å²) in [5.41, 5.74) is 0. The van der Waals surface area contributed by atoms with Gasteiger partial charge in [-0.2, -0.15) is 8.42 Å². The standard InChI is InChI=1S/C62H112O12S/c1-3-5-7-9-11-13-15-17-19-21-23-25-27-29-31-33-35-37-39-41-43-45-47-49-51-58(64)72-56(55-71-62-60(66)61(74-75(67,68)69)59(65)57(53-63)73-62)54-70-52-50-48-46-44-42-40-38-36-34-32-30-28-26-24-22-20-18-16-14-12-10-8-6-4-2/h6,8,12,14,18,20,24,26,30,32,56-57,59-63,65-66H,3-5,7,9-11,13,15-17,19,21-23,25,27-29,31,33-55H2,1-2H3,(H,67,68,69)/b8-6-,14-12-,20-18-,26-24-,32-30-. The van der Waals surface area contributed by atoms with Crippen LogP contribution in [0.2, 0.25) is 0 Å². The van der Waals surface area contributed by atoms with Gasteiger partial charge in [0.05, 0.1) is 19.8 Å². The van der Waals surface area contributed by atoms with Crippen LogP contribution in [-0.4, -0.2) is 97.5 Å². The predicted octanol–water partition coefficient (Wildman–Crippen LogP) is 15.6. The molecule has 0 aromatic carbocycles. The number of carbonyl (C=O) groups excluding carboxylic acids is 1. The Labute approximate surface area is 458 Å². The fourth-order valence-corrected chi connectivity index (χ4v) is 9.86. The molecule has 0 radical (unpaired) electrons. The van der Waals surface area contributed by atoms with E-state index < -0.39 is 59.8 Å². The molecule has 4 N–H and O–H groups in total. The Morgan fingerprint density at radius 2 is 0.920 bits per heavy atom. The number of esters is 1. The molecule has 13 heteroatoms. The van der Waals surface area contributed by atoms with Crippen molar-refractivity contribution in [3.8, 4) is 0 Å². The lowest BCUT2D eigenvalue weighted by Crippen LogP contribution is -2.60. The van der Waals surface area contributed by atoms with Crippen LogP contribution in [0.25, 0.3) is 0 Å². The van der Waals surface area contributed by atoms with Gasteiger partial charge in [-0.15, -0.1) is 0 Å². The van der Waals surface area contributed by atoms with Crippen molar-refractivity contribution in [2.24, 2.45) is 0 Å². The Kier molecular flexibility index (Phi) is 49.6. The third kappa shape index (κ3) is 45.4. The van der Waals surface area contributed by atoms with E-state index in [4.69, 9.17) is 18.9 Å². The molecule has 6 unspecified atom stereocenters. The number of aliphatic hydroxyl groups excluding tert-OH is 3. The summed E-state index contributed by atoms with van der Waals surface area (Å²) in [5, 5.41) is 30.9. The van der Waals surface area contributed by atoms with Crippen LogP contribution in [0, 0.1) is 0 Å². The summed E-state index contributed by atoms with van der Waals surface area (Å²) >= 11 is 0. The molecule has 0 spiro atoms. The number of unbranched alkanes of at least 4 members (excludes halogenated alkanes) is 31. The van der Waals surface area contributed by atoms with E-state index in [1.165, 1.54) is 161 Å². The van der Waals surface area contributed by atoms with Gasteiger partial charge >= 0.3 is 16.4 Å². The summed E-state index contributed by atoms with van der Waals surface area (Å²) in [5.74, 6) is -0.398. The second-order valence-electron chi connectivity index (χ2n) is 20.9. The fraction of sp³-hybridized carbons (Fsp3) is 0.823. The zero-order valence-corrected chi connectivity index (χ0v) is 48.4. The second-order valence-corrected chi connectivity index (χ2v) is 22.0. The molecule has 1 rings (SSSR count). The van der Waals surface area contributed by atoms with Crippen LogP contribution >= 0.6 is 0 Å². The molecule has 438 valence electrons. The third-order valence-corrected chi connectivity index (χ3v) is 14.4. The molecule has 0 bridgehead atoms. The molecule has 6 atom stereocenters. The van der Waals surface area contributed by atoms with E-state index in [-0.39, 0.29) is 19.6 Å². The van der Waals surface area contributed by atoms with E-state index >= 15 is 0 Å². The molecular weight excluding hydrogens is 969 g/mol. The highest BCUT2D eigenvalue weighted by molar-refractivity contribution is 7.80. The summed E-state index contributed by atoms with van der Waals surface area (Å²) in [7, 11) is -5.07. The van der Waals surface area contributed by atoms with Gasteiger partial charge in [-0.05, 0) is 57.8 Å². The van der Waals surface area contributed by atoms with Crippen LogP contribution in [0.4, 0.5) is 0 Å². The van der Waals surface area contributed by atoms with Crippen molar-refractivity contribution in [1.82, 2.24) is 0 Å². The number of ether oxygens (including phenoxy) is 4. The van der Waals surface area contributed by atoms with Gasteiger partial charge in [0.1, 0.15) is 30.5 Å². The van der Waals surface area contributed by atoms with Gasteiger partial charge in [-0.25, -0.2) is 4.18 Å². The first-order valence-corrected chi connectivity index (χ1v) is 31.9. The second kappa shape index (κ2) is 52.5. The minimum Gasteiger partial charge on any atom is -0.457 e. The van der Waals surface area contributed by atoms with Crippen LogP contribution in [0.1, 0.15) is 264 Å². The molecule has 12 nitrogen and oxygen atoms in total. The van der Waals surface area contributed by atoms with Crippen LogP contribution in [0.15, 0.2) is 60.8 Å². The zero-order valence-electron chi connectivity index (χ0n) is 47.6. The van der Waals surface area contributed by atoms with Gasteiger partial charge in [0, 0.05) is 13.0 Å². The summed E-state index contributed by atoms with van der Waals surface area (Å²) in [6.07, 6.45) is 59.8. The Balaban J connectivity index is 2.27. The molecule has 0 amide bonds. The number of carbonyl (C=O) groups is 1. The zero-order chi connectivity index (χ0) is 54.6. The van der Waals surface area contributed by atoms with E-state index in [0.717, 1.165) is 77.0 Å². The van der Waals surface area contributed by atoms with Crippen LogP contribution < -0.4 is 0 Å². The number of hydrogen-bond donors (Lipinski definition) is 4. The lowest BCUT2D eigenvalue weighted by Gasteiger charge is -2.41. The Bertz CT molecular complexity index is 1530.